The van der Waals surface area contributed by atoms with Gasteiger partial charge in [-0.05, 0) is 31.6 Å². The van der Waals surface area contributed by atoms with Crippen LogP contribution in [0.15, 0.2) is 5.29 Å². The van der Waals surface area contributed by atoms with Crippen LogP contribution >= 0.6 is 11.6 Å². The summed E-state index contributed by atoms with van der Waals surface area (Å²) in [7, 11) is 0. The van der Waals surface area contributed by atoms with Crippen molar-refractivity contribution in [2.75, 3.05) is 19.0 Å². The van der Waals surface area contributed by atoms with Gasteiger partial charge < -0.3 is 15.5 Å². The average molecular weight is 310 g/mol. The van der Waals surface area contributed by atoms with Gasteiger partial charge in [0, 0.05) is 18.5 Å². The van der Waals surface area contributed by atoms with Crippen LogP contribution in [-0.2, 0) is 4.79 Å². The Morgan fingerprint density at radius 1 is 1.40 bits per heavy atom. The van der Waals surface area contributed by atoms with Crippen LogP contribution in [0.2, 0.25) is 0 Å². The number of carbonyl (C=O) groups excluding carboxylic acids is 1. The molecule has 0 aliphatic heterocycles. The molecular weight excluding hydrogens is 290 g/mol. The van der Waals surface area contributed by atoms with Crippen molar-refractivity contribution in [2.45, 2.75) is 31.7 Å². The molecule has 1 saturated carbocycles. The maximum atomic E-state index is 11.6. The van der Waals surface area contributed by atoms with Crippen LogP contribution in [0.25, 0.3) is 0 Å². The molecule has 0 radical (unpaired) electrons. The molecule has 1 aliphatic rings. The largest absolute Gasteiger partial charge is 0.483 e. The summed E-state index contributed by atoms with van der Waals surface area (Å²) in [6, 6.07) is -0.432. The zero-order chi connectivity index (χ0) is 15.4. The van der Waals surface area contributed by atoms with Crippen LogP contribution in [0.5, 0.6) is 0 Å². The maximum absolute atomic E-state index is 11.6. The highest BCUT2D eigenvalue weighted by Crippen LogP contribution is 2.23. The molecule has 3 N–H and O–H groups in total. The number of hydrogen-bond acceptors (Lipinski definition) is 5. The molecule has 0 spiro atoms. The summed E-state index contributed by atoms with van der Waals surface area (Å²) in [5, 5.41) is 22.0. The molecule has 9 heteroatoms. The minimum atomic E-state index is -0.493. The van der Waals surface area contributed by atoms with E-state index in [4.69, 9.17) is 26.6 Å². The summed E-state index contributed by atoms with van der Waals surface area (Å²) >= 11 is 5.45. The molecule has 0 atom stereocenters. The van der Waals surface area contributed by atoms with Crippen molar-refractivity contribution >= 4 is 24.1 Å². The number of rotatable bonds is 5. The Hall–Kier alpha value is -1.41. The molecule has 8 nitrogen and oxygen atoms in total. The molecule has 1 aliphatic carbocycles. The van der Waals surface area contributed by atoms with Gasteiger partial charge in [-0.1, -0.05) is 0 Å². The Balaban J connectivity index is 0.00000110. The number of nitroso groups, excluding NO2 is 1. The highest BCUT2D eigenvalue weighted by atomic mass is 35.5. The Morgan fingerprint density at radius 3 is 2.35 bits per heavy atom. The van der Waals surface area contributed by atoms with Crippen LogP contribution in [0.4, 0.5) is 4.79 Å². The number of aliphatic hydroxyl groups is 1. The van der Waals surface area contributed by atoms with Gasteiger partial charge in [-0.25, -0.2) is 4.79 Å². The number of carbonyl (C=O) groups is 2. The number of aliphatic hydroxyl groups excluding tert-OH is 1. The van der Waals surface area contributed by atoms with Gasteiger partial charge >= 0.3 is 6.03 Å². The van der Waals surface area contributed by atoms with Crippen molar-refractivity contribution in [2.24, 2.45) is 11.2 Å². The van der Waals surface area contributed by atoms with Crippen molar-refractivity contribution in [3.63, 3.8) is 0 Å². The minimum Gasteiger partial charge on any atom is -0.483 e. The van der Waals surface area contributed by atoms with Crippen molar-refractivity contribution in [1.82, 2.24) is 10.3 Å². The highest BCUT2D eigenvalue weighted by molar-refractivity contribution is 6.18. The van der Waals surface area contributed by atoms with E-state index < -0.39 is 6.03 Å². The van der Waals surface area contributed by atoms with Gasteiger partial charge in [-0.2, -0.15) is 5.01 Å². The third kappa shape index (κ3) is 7.25. The molecule has 0 aromatic rings. The molecule has 0 unspecified atom stereocenters. The lowest BCUT2D eigenvalue weighted by molar-refractivity contribution is -0.122. The van der Waals surface area contributed by atoms with E-state index in [9.17, 15) is 9.70 Å². The van der Waals surface area contributed by atoms with Crippen molar-refractivity contribution in [3.8, 4) is 0 Å². The fourth-order valence-corrected chi connectivity index (χ4v) is 2.16. The van der Waals surface area contributed by atoms with Crippen LogP contribution in [-0.4, -0.2) is 52.8 Å². The molecule has 20 heavy (non-hydrogen) atoms. The summed E-state index contributed by atoms with van der Waals surface area (Å²) in [6.45, 7) is 0.0673. The molecular formula is C11H20ClN3O5. The lowest BCUT2D eigenvalue weighted by atomic mass is 9.87. The second-order valence-electron chi connectivity index (χ2n) is 4.35. The van der Waals surface area contributed by atoms with E-state index in [0.29, 0.717) is 5.92 Å². The highest BCUT2D eigenvalue weighted by Gasteiger charge is 2.23. The van der Waals surface area contributed by atoms with E-state index in [1.165, 1.54) is 0 Å². The standard InChI is InChI=1S/C10H18ClN3O3.CH2O2/c11-5-6-14(13-17)10(16)12-9-3-1-8(7-15)2-4-9;2-1-3/h8-9,15H,1-7H2,(H,12,16);1H,(H,2,3). The van der Waals surface area contributed by atoms with E-state index in [2.05, 4.69) is 10.6 Å². The van der Waals surface area contributed by atoms with Crippen LogP contribution in [0, 0.1) is 10.8 Å². The van der Waals surface area contributed by atoms with E-state index in [1.807, 2.05) is 0 Å². The van der Waals surface area contributed by atoms with Crippen LogP contribution in [0.1, 0.15) is 25.7 Å². The molecule has 0 aromatic heterocycles. The number of alkyl halides is 1. The van der Waals surface area contributed by atoms with E-state index in [0.717, 1.165) is 30.7 Å². The number of nitrogens with zero attached hydrogens (tertiary/aromatic N) is 2. The zero-order valence-electron chi connectivity index (χ0n) is 11.1. The van der Waals surface area contributed by atoms with E-state index >= 15 is 0 Å². The minimum absolute atomic E-state index is 0.0601. The van der Waals surface area contributed by atoms with Crippen molar-refractivity contribution < 1.29 is 19.8 Å². The van der Waals surface area contributed by atoms with E-state index in [-0.39, 0.29) is 31.5 Å². The number of nitrogens with one attached hydrogen (secondary N) is 1. The van der Waals surface area contributed by atoms with Crippen LogP contribution in [0.3, 0.4) is 0 Å². The number of hydrogen-bond donors (Lipinski definition) is 3. The second kappa shape index (κ2) is 11.4. The fraction of sp³-hybridized carbons (Fsp3) is 0.818. The first kappa shape index (κ1) is 18.6. The van der Waals surface area contributed by atoms with Gasteiger partial charge in [0.15, 0.2) is 0 Å². The van der Waals surface area contributed by atoms with Crippen molar-refractivity contribution in [1.29, 1.82) is 0 Å². The summed E-state index contributed by atoms with van der Waals surface area (Å²) in [6.07, 6.45) is 3.44. The number of urea groups is 1. The third-order valence-electron chi connectivity index (χ3n) is 3.06. The number of carboxylic acid groups (broad SMARTS) is 1. The first-order chi connectivity index (χ1) is 9.62. The molecule has 2 amide bonds. The molecule has 116 valence electrons. The van der Waals surface area contributed by atoms with Gasteiger partial charge in [0.25, 0.3) is 6.47 Å². The molecule has 0 heterocycles. The van der Waals surface area contributed by atoms with E-state index in [1.54, 1.807) is 0 Å². The smallest absolute Gasteiger partial charge is 0.340 e. The number of amides is 2. The zero-order valence-corrected chi connectivity index (χ0v) is 11.8. The van der Waals surface area contributed by atoms with Gasteiger partial charge in [0.2, 0.25) is 0 Å². The summed E-state index contributed by atoms with van der Waals surface area (Å²) < 4.78 is 0. The van der Waals surface area contributed by atoms with Gasteiger partial charge in [0.05, 0.1) is 11.8 Å². The topological polar surface area (TPSA) is 119 Å². The summed E-state index contributed by atoms with van der Waals surface area (Å²) in [5.74, 6) is 0.516. The monoisotopic (exact) mass is 309 g/mol. The maximum Gasteiger partial charge on any atom is 0.340 e. The van der Waals surface area contributed by atoms with Crippen molar-refractivity contribution in [3.05, 3.63) is 4.91 Å². The van der Waals surface area contributed by atoms with Gasteiger partial charge in [-0.3, -0.25) is 4.79 Å². The predicted molar refractivity (Wildman–Crippen MR) is 73.3 cm³/mol. The summed E-state index contributed by atoms with van der Waals surface area (Å²) in [4.78, 5) is 30.4. The van der Waals surface area contributed by atoms with Gasteiger partial charge in [0.1, 0.15) is 0 Å². The predicted octanol–water partition coefficient (Wildman–Crippen LogP) is 1.17. The fourth-order valence-electron chi connectivity index (χ4n) is 2.00. The average Bonchev–Trinajstić information content (AvgIpc) is 2.46. The lowest BCUT2D eigenvalue weighted by Crippen LogP contribution is -2.44. The van der Waals surface area contributed by atoms with Crippen LogP contribution < -0.4 is 5.32 Å². The molecule has 1 fully saturated rings. The quantitative estimate of drug-likeness (QED) is 0.305. The SMILES string of the molecule is O=CO.O=NN(CCCl)C(=O)NC1CCC(CO)CC1. The molecule has 1 rings (SSSR count). The Bertz CT molecular complexity index is 298. The van der Waals surface area contributed by atoms with Gasteiger partial charge in [-0.15, -0.1) is 16.5 Å². The first-order valence-electron chi connectivity index (χ1n) is 6.28. The number of halogens is 1. The normalized spacial score (nSPS) is 21.1. The molecule has 0 bridgehead atoms. The Labute approximate surface area is 122 Å². The lowest BCUT2D eigenvalue weighted by Gasteiger charge is -2.28. The third-order valence-corrected chi connectivity index (χ3v) is 3.23. The molecule has 0 aromatic carbocycles. The second-order valence-corrected chi connectivity index (χ2v) is 4.73. The Morgan fingerprint density at radius 2 is 1.95 bits per heavy atom. The first-order valence-corrected chi connectivity index (χ1v) is 6.82. The molecule has 0 saturated heterocycles. The summed E-state index contributed by atoms with van der Waals surface area (Å²) in [5.41, 5.74) is 0. The Kier molecular flexibility index (Phi) is 10.6.